The summed E-state index contributed by atoms with van der Waals surface area (Å²) in [6, 6.07) is 11.1. The molecule has 4 rings (SSSR count). The van der Waals surface area contributed by atoms with Gasteiger partial charge in [-0.2, -0.15) is 0 Å². The minimum absolute atomic E-state index is 0.0466. The minimum atomic E-state index is -0.885. The van der Waals surface area contributed by atoms with Gasteiger partial charge in [-0.25, -0.2) is 0 Å². The topological polar surface area (TPSA) is 102 Å². The Morgan fingerprint density at radius 2 is 1.94 bits per heavy atom. The first kappa shape index (κ1) is 25.2. The van der Waals surface area contributed by atoms with E-state index in [1.165, 1.54) is 17.2 Å². The average molecular weight is 494 g/mol. The van der Waals surface area contributed by atoms with E-state index in [0.29, 0.717) is 47.7 Å². The molecule has 0 radical (unpaired) electrons. The molecule has 190 valence electrons. The fourth-order valence-corrected chi connectivity index (χ4v) is 4.14. The maximum atomic E-state index is 13.5. The lowest BCUT2D eigenvalue weighted by atomic mass is 9.94. The number of amides is 1. The molecule has 0 aliphatic carbocycles. The first-order valence-electron chi connectivity index (χ1n) is 12.1. The average Bonchev–Trinajstić information content (AvgIpc) is 3.57. The van der Waals surface area contributed by atoms with Crippen LogP contribution in [0.4, 0.5) is 0 Å². The molecule has 0 bridgehead atoms. The van der Waals surface area contributed by atoms with E-state index in [4.69, 9.17) is 18.3 Å². The third-order valence-corrected chi connectivity index (χ3v) is 5.95. The molecule has 0 spiro atoms. The summed E-state index contributed by atoms with van der Waals surface area (Å²) in [5.41, 5.74) is 0.530. The predicted octanol–water partition coefficient (Wildman–Crippen LogP) is 5.78. The Labute approximate surface area is 210 Å². The van der Waals surface area contributed by atoms with E-state index in [9.17, 15) is 14.7 Å². The summed E-state index contributed by atoms with van der Waals surface area (Å²) in [6.07, 6.45) is 2.39. The SMILES string of the molecule is CCOc1cc(C2C(C(=O)c3ccc(C)o3)=C(O)C(=O)N2Cc2ccco2)ccc1OCCC(C)C. The van der Waals surface area contributed by atoms with E-state index in [0.717, 1.165) is 6.42 Å². The summed E-state index contributed by atoms with van der Waals surface area (Å²) < 4.78 is 22.8. The van der Waals surface area contributed by atoms with Gasteiger partial charge in [0.15, 0.2) is 23.0 Å². The largest absolute Gasteiger partial charge is 0.503 e. The molecule has 1 unspecified atom stereocenters. The van der Waals surface area contributed by atoms with Crippen LogP contribution in [0.5, 0.6) is 11.5 Å². The number of rotatable bonds is 11. The number of nitrogens with zero attached hydrogens (tertiary/aromatic N) is 1. The Morgan fingerprint density at radius 3 is 2.58 bits per heavy atom. The van der Waals surface area contributed by atoms with Gasteiger partial charge >= 0.3 is 0 Å². The van der Waals surface area contributed by atoms with Crippen molar-refractivity contribution in [3.8, 4) is 11.5 Å². The van der Waals surface area contributed by atoms with Crippen LogP contribution in [-0.2, 0) is 11.3 Å². The van der Waals surface area contributed by atoms with Crippen molar-refractivity contribution in [3.63, 3.8) is 0 Å². The monoisotopic (exact) mass is 493 g/mol. The van der Waals surface area contributed by atoms with Gasteiger partial charge in [-0.1, -0.05) is 19.9 Å². The number of Topliss-reactive ketones (excluding diaryl/α,β-unsaturated/α-hetero) is 1. The number of ketones is 1. The summed E-state index contributed by atoms with van der Waals surface area (Å²) in [5, 5.41) is 10.9. The van der Waals surface area contributed by atoms with Crippen molar-refractivity contribution in [3.05, 3.63) is 82.9 Å². The summed E-state index contributed by atoms with van der Waals surface area (Å²) in [5.74, 6) is 0.838. The second-order valence-corrected chi connectivity index (χ2v) is 9.09. The summed E-state index contributed by atoms with van der Waals surface area (Å²) in [4.78, 5) is 28.1. The van der Waals surface area contributed by atoms with Crippen LogP contribution in [-0.4, -0.2) is 34.9 Å². The van der Waals surface area contributed by atoms with Crippen molar-refractivity contribution in [1.82, 2.24) is 4.90 Å². The van der Waals surface area contributed by atoms with Gasteiger partial charge in [0.05, 0.1) is 37.6 Å². The Balaban J connectivity index is 1.75. The molecule has 0 saturated carbocycles. The molecule has 3 aromatic rings. The lowest BCUT2D eigenvalue weighted by Gasteiger charge is -2.26. The molecule has 2 aromatic heterocycles. The number of carbonyl (C=O) groups is 2. The molecule has 0 saturated heterocycles. The van der Waals surface area contributed by atoms with Gasteiger partial charge in [-0.3, -0.25) is 9.59 Å². The van der Waals surface area contributed by atoms with E-state index >= 15 is 0 Å². The maximum Gasteiger partial charge on any atom is 0.290 e. The molecule has 0 fully saturated rings. The van der Waals surface area contributed by atoms with E-state index in [1.807, 2.05) is 6.92 Å². The Hall–Kier alpha value is -3.94. The van der Waals surface area contributed by atoms with Gasteiger partial charge in [0.25, 0.3) is 5.91 Å². The van der Waals surface area contributed by atoms with Gasteiger partial charge in [0, 0.05) is 0 Å². The zero-order valence-electron chi connectivity index (χ0n) is 20.9. The van der Waals surface area contributed by atoms with E-state index in [-0.39, 0.29) is 17.9 Å². The first-order valence-corrected chi connectivity index (χ1v) is 12.1. The Kier molecular flexibility index (Phi) is 7.52. The highest BCUT2D eigenvalue weighted by atomic mass is 16.5. The zero-order valence-corrected chi connectivity index (χ0v) is 20.9. The lowest BCUT2D eigenvalue weighted by Crippen LogP contribution is -2.30. The Bertz CT molecular complexity index is 1250. The summed E-state index contributed by atoms with van der Waals surface area (Å²) in [6.45, 7) is 8.83. The van der Waals surface area contributed by atoms with Gasteiger partial charge in [0.1, 0.15) is 11.5 Å². The highest BCUT2D eigenvalue weighted by Crippen LogP contribution is 2.42. The van der Waals surface area contributed by atoms with Crippen molar-refractivity contribution in [2.24, 2.45) is 5.92 Å². The van der Waals surface area contributed by atoms with Crippen LogP contribution in [0.15, 0.2) is 68.9 Å². The lowest BCUT2D eigenvalue weighted by molar-refractivity contribution is -0.130. The highest BCUT2D eigenvalue weighted by molar-refractivity contribution is 6.15. The van der Waals surface area contributed by atoms with Crippen LogP contribution in [0.25, 0.3) is 0 Å². The van der Waals surface area contributed by atoms with Crippen LogP contribution in [0, 0.1) is 12.8 Å². The smallest absolute Gasteiger partial charge is 0.290 e. The molecule has 1 amide bonds. The molecule has 1 aliphatic rings. The van der Waals surface area contributed by atoms with Gasteiger partial charge in [-0.15, -0.1) is 0 Å². The first-order chi connectivity index (χ1) is 17.3. The van der Waals surface area contributed by atoms with Crippen LogP contribution in [0.3, 0.4) is 0 Å². The molecule has 1 aromatic carbocycles. The number of carbonyl (C=O) groups excluding carboxylic acids is 2. The van der Waals surface area contributed by atoms with E-state index in [1.54, 1.807) is 43.3 Å². The number of aryl methyl sites for hydroxylation is 1. The van der Waals surface area contributed by atoms with Gasteiger partial charge < -0.3 is 28.3 Å². The normalized spacial score (nSPS) is 15.8. The van der Waals surface area contributed by atoms with E-state index in [2.05, 4.69) is 13.8 Å². The molecule has 1 aliphatic heterocycles. The van der Waals surface area contributed by atoms with Crippen LogP contribution in [0.2, 0.25) is 0 Å². The fourth-order valence-electron chi connectivity index (χ4n) is 4.14. The number of furan rings is 2. The number of aliphatic hydroxyl groups is 1. The third kappa shape index (κ3) is 5.17. The molecule has 1 atom stereocenters. The van der Waals surface area contributed by atoms with Crippen LogP contribution >= 0.6 is 0 Å². The minimum Gasteiger partial charge on any atom is -0.503 e. The molecular weight excluding hydrogens is 462 g/mol. The molecule has 1 N–H and O–H groups in total. The molecule has 8 nitrogen and oxygen atoms in total. The van der Waals surface area contributed by atoms with Crippen LogP contribution in [0.1, 0.15) is 60.9 Å². The second kappa shape index (κ2) is 10.8. The third-order valence-electron chi connectivity index (χ3n) is 5.95. The van der Waals surface area contributed by atoms with Crippen molar-refractivity contribution in [2.75, 3.05) is 13.2 Å². The van der Waals surface area contributed by atoms with Gasteiger partial charge in [-0.05, 0) is 68.1 Å². The summed E-state index contributed by atoms with van der Waals surface area (Å²) >= 11 is 0. The number of aliphatic hydroxyl groups excluding tert-OH is 1. The van der Waals surface area contributed by atoms with Crippen LogP contribution < -0.4 is 9.47 Å². The standard InChI is InChI=1S/C28H31NO7/c1-5-33-23-15-19(9-11-21(23)35-14-12-17(2)3)25-24(26(30)22-10-8-18(4)36-22)27(31)28(32)29(25)16-20-7-6-13-34-20/h6-11,13,15,17,25,31H,5,12,14,16H2,1-4H3. The van der Waals surface area contributed by atoms with Crippen molar-refractivity contribution >= 4 is 11.7 Å². The number of hydrogen-bond acceptors (Lipinski definition) is 7. The molecular formula is C28H31NO7. The van der Waals surface area contributed by atoms with Crippen molar-refractivity contribution in [2.45, 2.75) is 46.7 Å². The van der Waals surface area contributed by atoms with Crippen molar-refractivity contribution < 1.29 is 33.0 Å². The van der Waals surface area contributed by atoms with E-state index < -0.39 is 23.5 Å². The molecule has 8 heteroatoms. The maximum absolute atomic E-state index is 13.5. The number of benzene rings is 1. The second-order valence-electron chi connectivity index (χ2n) is 9.09. The quantitative estimate of drug-likeness (QED) is 0.338. The Morgan fingerprint density at radius 1 is 1.14 bits per heavy atom. The van der Waals surface area contributed by atoms with Crippen molar-refractivity contribution in [1.29, 1.82) is 0 Å². The van der Waals surface area contributed by atoms with Gasteiger partial charge in [0.2, 0.25) is 5.78 Å². The predicted molar refractivity (Wildman–Crippen MR) is 132 cm³/mol. The molecule has 36 heavy (non-hydrogen) atoms. The zero-order chi connectivity index (χ0) is 25.8. The number of ether oxygens (including phenoxy) is 2. The fraction of sp³-hybridized carbons (Fsp3) is 0.357. The summed E-state index contributed by atoms with van der Waals surface area (Å²) in [7, 11) is 0. The molecule has 3 heterocycles. The highest BCUT2D eigenvalue weighted by Gasteiger charge is 2.45. The number of hydrogen-bond donors (Lipinski definition) is 1.